The number of halogens is 1. The van der Waals surface area contributed by atoms with E-state index in [-0.39, 0.29) is 24.0 Å². The molecule has 0 amide bonds. The van der Waals surface area contributed by atoms with Crippen LogP contribution >= 0.6 is 24.0 Å². The molecule has 0 bridgehead atoms. The molecule has 2 aliphatic rings. The van der Waals surface area contributed by atoms with Gasteiger partial charge in [0.05, 0.1) is 0 Å². The maximum Gasteiger partial charge on any atom is 0.225 e. The van der Waals surface area contributed by atoms with E-state index in [1.54, 1.807) is 12.4 Å². The number of piperazine rings is 1. The highest BCUT2D eigenvalue weighted by Gasteiger charge is 2.42. The van der Waals surface area contributed by atoms with Crippen molar-refractivity contribution < 1.29 is 4.74 Å². The molecule has 3 rings (SSSR count). The number of ether oxygens (including phenoxy) is 1. The first kappa shape index (κ1) is 22.1. The van der Waals surface area contributed by atoms with Crippen LogP contribution in [-0.4, -0.2) is 73.3 Å². The first-order valence-electron chi connectivity index (χ1n) is 9.89. The number of nitrogens with zero attached hydrogens (tertiary/aromatic N) is 5. The van der Waals surface area contributed by atoms with Gasteiger partial charge in [0.1, 0.15) is 0 Å². The van der Waals surface area contributed by atoms with Crippen LogP contribution in [0.5, 0.6) is 0 Å². The van der Waals surface area contributed by atoms with Crippen molar-refractivity contribution in [2.24, 2.45) is 10.4 Å². The lowest BCUT2D eigenvalue weighted by molar-refractivity contribution is 0.129. The fraction of sp³-hybridized carbons (Fsp3) is 0.737. The molecule has 0 aromatic carbocycles. The first-order chi connectivity index (χ1) is 12.8. The zero-order valence-electron chi connectivity index (χ0n) is 16.6. The fourth-order valence-electron chi connectivity index (χ4n) is 3.34. The molecule has 1 aliphatic carbocycles. The molecule has 0 spiro atoms. The third kappa shape index (κ3) is 6.44. The van der Waals surface area contributed by atoms with Crippen LogP contribution in [0.15, 0.2) is 23.5 Å². The molecule has 1 aromatic heterocycles. The van der Waals surface area contributed by atoms with Crippen LogP contribution in [0, 0.1) is 5.41 Å². The van der Waals surface area contributed by atoms with Crippen molar-refractivity contribution in [3.8, 4) is 0 Å². The largest absolute Gasteiger partial charge is 0.382 e. The van der Waals surface area contributed by atoms with Gasteiger partial charge < -0.3 is 19.9 Å². The van der Waals surface area contributed by atoms with Crippen LogP contribution in [0.2, 0.25) is 0 Å². The average Bonchev–Trinajstić information content (AvgIpc) is 3.46. The molecule has 8 heteroatoms. The Hall–Kier alpha value is -1.16. The Bertz CT molecular complexity index is 573. The van der Waals surface area contributed by atoms with Crippen LogP contribution < -0.4 is 10.2 Å². The minimum atomic E-state index is 0. The monoisotopic (exact) mass is 488 g/mol. The van der Waals surface area contributed by atoms with Crippen molar-refractivity contribution >= 4 is 35.9 Å². The standard InChI is InChI=1S/C19H32N6O.HI/c1-3-20-17(23-16-19(6-7-19)8-15-26-4-2)24-11-13-25(14-12-24)18-21-9-5-10-22-18;/h5,9-10H,3-4,6-8,11-16H2,1-2H3,(H,20,23);1H. The number of hydrogen-bond donors (Lipinski definition) is 1. The number of aromatic nitrogens is 2. The third-order valence-corrected chi connectivity index (χ3v) is 5.25. The topological polar surface area (TPSA) is 65.9 Å². The summed E-state index contributed by atoms with van der Waals surface area (Å²) in [5.41, 5.74) is 0.384. The lowest BCUT2D eigenvalue weighted by atomic mass is 10.0. The SMILES string of the molecule is CCNC(=NCC1(CCOCC)CC1)N1CCN(c2ncccn2)CC1.I. The van der Waals surface area contributed by atoms with E-state index in [4.69, 9.17) is 9.73 Å². The van der Waals surface area contributed by atoms with E-state index in [2.05, 4.69) is 38.9 Å². The molecule has 1 aliphatic heterocycles. The molecule has 152 valence electrons. The maximum absolute atomic E-state index is 5.54. The van der Waals surface area contributed by atoms with Gasteiger partial charge in [0.15, 0.2) is 5.96 Å². The molecule has 1 saturated carbocycles. The van der Waals surface area contributed by atoms with Gasteiger partial charge >= 0.3 is 0 Å². The number of aliphatic imine (C=N–C) groups is 1. The van der Waals surface area contributed by atoms with Crippen LogP contribution in [0.25, 0.3) is 0 Å². The predicted octanol–water partition coefficient (Wildman–Crippen LogP) is 2.39. The van der Waals surface area contributed by atoms with Crippen molar-refractivity contribution in [1.82, 2.24) is 20.2 Å². The van der Waals surface area contributed by atoms with E-state index in [0.29, 0.717) is 5.41 Å². The Labute approximate surface area is 180 Å². The second-order valence-electron chi connectivity index (χ2n) is 7.14. The predicted molar refractivity (Wildman–Crippen MR) is 120 cm³/mol. The summed E-state index contributed by atoms with van der Waals surface area (Å²) in [6, 6.07) is 1.86. The molecule has 0 radical (unpaired) electrons. The van der Waals surface area contributed by atoms with E-state index >= 15 is 0 Å². The van der Waals surface area contributed by atoms with Crippen molar-refractivity contribution in [3.63, 3.8) is 0 Å². The lowest BCUT2D eigenvalue weighted by Gasteiger charge is -2.36. The number of rotatable bonds is 8. The Morgan fingerprint density at radius 3 is 2.48 bits per heavy atom. The second kappa shape index (κ2) is 11.0. The summed E-state index contributed by atoms with van der Waals surface area (Å²) in [6.07, 6.45) is 7.29. The van der Waals surface area contributed by atoms with Crippen molar-refractivity contribution in [2.45, 2.75) is 33.1 Å². The average molecular weight is 488 g/mol. The van der Waals surface area contributed by atoms with Crippen molar-refractivity contribution in [2.75, 3.05) is 57.4 Å². The molecule has 1 saturated heterocycles. The van der Waals surface area contributed by atoms with E-state index in [1.165, 1.54) is 12.8 Å². The molecule has 2 heterocycles. The van der Waals surface area contributed by atoms with Gasteiger partial charge in [0.25, 0.3) is 0 Å². The molecular weight excluding hydrogens is 455 g/mol. The molecule has 0 atom stereocenters. The Kier molecular flexibility index (Phi) is 9.01. The summed E-state index contributed by atoms with van der Waals surface area (Å²) in [5.74, 6) is 1.87. The zero-order valence-corrected chi connectivity index (χ0v) is 18.9. The van der Waals surface area contributed by atoms with Gasteiger partial charge in [-0.25, -0.2) is 9.97 Å². The summed E-state index contributed by atoms with van der Waals surface area (Å²) in [4.78, 5) is 18.3. The van der Waals surface area contributed by atoms with Gasteiger partial charge in [-0.1, -0.05) is 0 Å². The Morgan fingerprint density at radius 2 is 1.89 bits per heavy atom. The van der Waals surface area contributed by atoms with Crippen LogP contribution in [0.4, 0.5) is 5.95 Å². The van der Waals surface area contributed by atoms with E-state index in [1.807, 2.05) is 6.07 Å². The summed E-state index contributed by atoms with van der Waals surface area (Å²) in [7, 11) is 0. The Balaban J connectivity index is 0.00000261. The molecular formula is C19H33IN6O. The van der Waals surface area contributed by atoms with Crippen LogP contribution in [0.1, 0.15) is 33.1 Å². The summed E-state index contributed by atoms with van der Waals surface area (Å²) >= 11 is 0. The number of nitrogens with one attached hydrogen (secondary N) is 1. The van der Waals surface area contributed by atoms with Gasteiger partial charge in [-0.2, -0.15) is 0 Å². The van der Waals surface area contributed by atoms with Crippen molar-refractivity contribution in [3.05, 3.63) is 18.5 Å². The second-order valence-corrected chi connectivity index (χ2v) is 7.14. The van der Waals surface area contributed by atoms with Gasteiger partial charge in [-0.3, -0.25) is 4.99 Å². The fourth-order valence-corrected chi connectivity index (χ4v) is 3.34. The highest BCUT2D eigenvalue weighted by atomic mass is 127. The molecule has 1 aromatic rings. The van der Waals surface area contributed by atoms with Gasteiger partial charge in [-0.15, -0.1) is 24.0 Å². The molecule has 27 heavy (non-hydrogen) atoms. The normalized spacial score (nSPS) is 18.8. The smallest absolute Gasteiger partial charge is 0.225 e. The first-order valence-corrected chi connectivity index (χ1v) is 9.89. The summed E-state index contributed by atoms with van der Waals surface area (Å²) < 4.78 is 5.54. The van der Waals surface area contributed by atoms with Gasteiger partial charge in [0, 0.05) is 64.9 Å². The zero-order chi connectivity index (χ0) is 18.2. The van der Waals surface area contributed by atoms with E-state index in [9.17, 15) is 0 Å². The minimum Gasteiger partial charge on any atom is -0.382 e. The van der Waals surface area contributed by atoms with Crippen LogP contribution in [-0.2, 0) is 4.74 Å². The summed E-state index contributed by atoms with van der Waals surface area (Å²) in [6.45, 7) is 11.4. The van der Waals surface area contributed by atoms with Crippen molar-refractivity contribution in [1.29, 1.82) is 0 Å². The van der Waals surface area contributed by atoms with Gasteiger partial charge in [0.2, 0.25) is 5.95 Å². The Morgan fingerprint density at radius 1 is 1.19 bits per heavy atom. The van der Waals surface area contributed by atoms with Gasteiger partial charge in [-0.05, 0) is 44.6 Å². The molecule has 1 N–H and O–H groups in total. The molecule has 0 unspecified atom stereocenters. The van der Waals surface area contributed by atoms with E-state index < -0.39 is 0 Å². The lowest BCUT2D eigenvalue weighted by Crippen LogP contribution is -2.53. The number of guanidine groups is 1. The van der Waals surface area contributed by atoms with E-state index in [0.717, 1.165) is 70.8 Å². The minimum absolute atomic E-state index is 0. The highest BCUT2D eigenvalue weighted by Crippen LogP contribution is 2.49. The maximum atomic E-state index is 5.54. The number of hydrogen-bond acceptors (Lipinski definition) is 5. The number of anilines is 1. The third-order valence-electron chi connectivity index (χ3n) is 5.25. The summed E-state index contributed by atoms with van der Waals surface area (Å²) in [5, 5.41) is 3.47. The highest BCUT2D eigenvalue weighted by molar-refractivity contribution is 14.0. The molecule has 2 fully saturated rings. The van der Waals surface area contributed by atoms with Crippen LogP contribution in [0.3, 0.4) is 0 Å². The molecule has 7 nitrogen and oxygen atoms in total. The quantitative estimate of drug-likeness (QED) is 0.263.